The summed E-state index contributed by atoms with van der Waals surface area (Å²) in [5.74, 6) is 0.201. The maximum atomic E-state index is 13.0. The minimum Gasteiger partial charge on any atom is -0.375 e. The predicted octanol–water partition coefficient (Wildman–Crippen LogP) is -0.0478. The molecule has 0 radical (unpaired) electrons. The Labute approximate surface area is 142 Å². The first-order chi connectivity index (χ1) is 11.3. The minimum absolute atomic E-state index is 0.00214. The van der Waals surface area contributed by atoms with Crippen LogP contribution in [0.5, 0.6) is 0 Å². The van der Waals surface area contributed by atoms with Crippen LogP contribution in [0.3, 0.4) is 0 Å². The summed E-state index contributed by atoms with van der Waals surface area (Å²) in [6.45, 7) is 4.84. The van der Waals surface area contributed by atoms with E-state index >= 15 is 0 Å². The normalized spacial score (nSPS) is 29.1. The van der Waals surface area contributed by atoms with E-state index in [0.717, 1.165) is 25.8 Å². The van der Waals surface area contributed by atoms with Crippen molar-refractivity contribution in [1.29, 1.82) is 0 Å². The van der Waals surface area contributed by atoms with Crippen molar-refractivity contribution in [2.24, 2.45) is 10.8 Å². The van der Waals surface area contributed by atoms with E-state index < -0.39 is 5.41 Å². The molecule has 3 fully saturated rings. The first kappa shape index (κ1) is 17.2. The number of ether oxygens (including phenoxy) is 1. The van der Waals surface area contributed by atoms with E-state index in [4.69, 9.17) is 4.74 Å². The summed E-state index contributed by atoms with van der Waals surface area (Å²) in [7, 11) is 3.37. The van der Waals surface area contributed by atoms with Gasteiger partial charge < -0.3 is 19.4 Å². The number of carbonyl (C=O) groups is 3. The van der Waals surface area contributed by atoms with Gasteiger partial charge in [0.25, 0.3) is 0 Å². The molecule has 1 atom stereocenters. The van der Waals surface area contributed by atoms with Crippen LogP contribution < -0.4 is 0 Å². The van der Waals surface area contributed by atoms with Gasteiger partial charge in [-0.3, -0.25) is 14.4 Å². The highest BCUT2D eigenvalue weighted by Gasteiger charge is 2.65. The maximum absolute atomic E-state index is 13.0. The van der Waals surface area contributed by atoms with E-state index in [2.05, 4.69) is 0 Å². The topological polar surface area (TPSA) is 70.2 Å². The molecule has 3 aliphatic heterocycles. The quantitative estimate of drug-likeness (QED) is 0.708. The predicted molar refractivity (Wildman–Crippen MR) is 87.1 cm³/mol. The summed E-state index contributed by atoms with van der Waals surface area (Å²) in [4.78, 5) is 42.5. The van der Waals surface area contributed by atoms with Crippen molar-refractivity contribution in [1.82, 2.24) is 14.7 Å². The molecule has 0 N–H and O–H groups in total. The Kier molecular flexibility index (Phi) is 4.32. The molecule has 0 aromatic heterocycles. The molecule has 3 saturated heterocycles. The molecule has 7 nitrogen and oxygen atoms in total. The van der Waals surface area contributed by atoms with Crippen LogP contribution >= 0.6 is 0 Å². The second-order valence-electron chi connectivity index (χ2n) is 7.53. The monoisotopic (exact) mass is 337 g/mol. The van der Waals surface area contributed by atoms with E-state index in [9.17, 15) is 14.4 Å². The number of likely N-dealkylation sites (tertiary alicyclic amines) is 3. The molecule has 7 heteroatoms. The molecule has 0 aromatic rings. The number of nitrogens with zero attached hydrogens (tertiary/aromatic N) is 3. The van der Waals surface area contributed by atoms with Crippen LogP contribution in [0.1, 0.15) is 26.2 Å². The highest BCUT2D eigenvalue weighted by atomic mass is 16.5. The standard InChI is InChI=1S/C17H27N3O4/c1-13(21)20-11-16(17(12-20)6-7-18(2)15(17)23)4-8-19(9-5-16)14(22)10-24-3/h4-12H2,1-3H3. The van der Waals surface area contributed by atoms with E-state index in [1.807, 2.05) is 16.8 Å². The number of rotatable bonds is 2. The fourth-order valence-electron chi connectivity index (χ4n) is 4.90. The summed E-state index contributed by atoms with van der Waals surface area (Å²) in [6.07, 6.45) is 2.34. The average Bonchev–Trinajstić information content (AvgIpc) is 3.02. The zero-order chi connectivity index (χ0) is 17.5. The SMILES string of the molecule is COCC(=O)N1CCC2(CC1)CN(C(C)=O)CC21CCN(C)C1=O. The summed E-state index contributed by atoms with van der Waals surface area (Å²) < 4.78 is 4.94. The second-order valence-corrected chi connectivity index (χ2v) is 7.53. The number of fused-ring (bicyclic) bond motifs is 1. The Morgan fingerprint density at radius 1 is 1.08 bits per heavy atom. The van der Waals surface area contributed by atoms with E-state index in [-0.39, 0.29) is 29.7 Å². The molecule has 0 bridgehead atoms. The van der Waals surface area contributed by atoms with Crippen molar-refractivity contribution in [3.05, 3.63) is 0 Å². The molecule has 0 saturated carbocycles. The fraction of sp³-hybridized carbons (Fsp3) is 0.824. The van der Waals surface area contributed by atoms with Gasteiger partial charge in [0, 0.05) is 59.2 Å². The Bertz CT molecular complexity index is 556. The zero-order valence-corrected chi connectivity index (χ0v) is 14.8. The number of amides is 3. The van der Waals surface area contributed by atoms with E-state index in [0.29, 0.717) is 26.2 Å². The Hall–Kier alpha value is -1.63. The molecule has 2 spiro atoms. The fourth-order valence-corrected chi connectivity index (χ4v) is 4.90. The number of hydrogen-bond donors (Lipinski definition) is 0. The van der Waals surface area contributed by atoms with Crippen LogP contribution in [-0.4, -0.2) is 85.9 Å². The lowest BCUT2D eigenvalue weighted by molar-refractivity contribution is -0.144. The van der Waals surface area contributed by atoms with Crippen molar-refractivity contribution >= 4 is 17.7 Å². The molecule has 0 aromatic carbocycles. The molecular weight excluding hydrogens is 310 g/mol. The number of hydrogen-bond acceptors (Lipinski definition) is 4. The van der Waals surface area contributed by atoms with Gasteiger partial charge in [0.2, 0.25) is 17.7 Å². The number of carbonyl (C=O) groups excluding carboxylic acids is 3. The minimum atomic E-state index is -0.468. The van der Waals surface area contributed by atoms with Crippen LogP contribution in [0.4, 0.5) is 0 Å². The Morgan fingerprint density at radius 2 is 1.75 bits per heavy atom. The summed E-state index contributed by atoms with van der Waals surface area (Å²) >= 11 is 0. The molecule has 3 heterocycles. The van der Waals surface area contributed by atoms with Gasteiger partial charge in [-0.25, -0.2) is 0 Å². The third-order valence-corrected chi connectivity index (χ3v) is 6.39. The van der Waals surface area contributed by atoms with Crippen LogP contribution in [0.2, 0.25) is 0 Å². The third kappa shape index (κ3) is 2.41. The van der Waals surface area contributed by atoms with E-state index in [1.165, 1.54) is 7.11 Å². The van der Waals surface area contributed by atoms with Gasteiger partial charge in [-0.1, -0.05) is 0 Å². The van der Waals surface area contributed by atoms with Crippen molar-refractivity contribution in [2.45, 2.75) is 26.2 Å². The van der Waals surface area contributed by atoms with Crippen LogP contribution in [-0.2, 0) is 19.1 Å². The first-order valence-corrected chi connectivity index (χ1v) is 8.63. The lowest BCUT2D eigenvalue weighted by Crippen LogP contribution is -2.53. The van der Waals surface area contributed by atoms with Gasteiger partial charge in [-0.15, -0.1) is 0 Å². The van der Waals surface area contributed by atoms with Gasteiger partial charge in [0.15, 0.2) is 0 Å². The summed E-state index contributed by atoms with van der Waals surface area (Å²) in [5, 5.41) is 0. The molecule has 0 aliphatic carbocycles. The van der Waals surface area contributed by atoms with Gasteiger partial charge in [0.05, 0.1) is 5.41 Å². The molecule has 3 rings (SSSR count). The van der Waals surface area contributed by atoms with Crippen molar-refractivity contribution in [3.8, 4) is 0 Å². The van der Waals surface area contributed by atoms with Crippen LogP contribution in [0.25, 0.3) is 0 Å². The first-order valence-electron chi connectivity index (χ1n) is 8.63. The summed E-state index contributed by atoms with van der Waals surface area (Å²) in [6, 6.07) is 0. The Balaban J connectivity index is 1.84. The van der Waals surface area contributed by atoms with Crippen molar-refractivity contribution in [2.75, 3.05) is 53.5 Å². The van der Waals surface area contributed by atoms with Gasteiger partial charge in [-0.05, 0) is 19.3 Å². The lowest BCUT2D eigenvalue weighted by Gasteiger charge is -2.46. The highest BCUT2D eigenvalue weighted by molar-refractivity contribution is 5.88. The molecular formula is C17H27N3O4. The highest BCUT2D eigenvalue weighted by Crippen LogP contribution is 2.57. The van der Waals surface area contributed by atoms with Gasteiger partial charge in [-0.2, -0.15) is 0 Å². The molecule has 3 aliphatic rings. The zero-order valence-electron chi connectivity index (χ0n) is 14.8. The lowest BCUT2D eigenvalue weighted by atomic mass is 9.60. The van der Waals surface area contributed by atoms with Crippen LogP contribution in [0.15, 0.2) is 0 Å². The Morgan fingerprint density at radius 3 is 2.25 bits per heavy atom. The molecule has 1 unspecified atom stereocenters. The number of methoxy groups -OCH3 is 1. The van der Waals surface area contributed by atoms with Crippen molar-refractivity contribution in [3.63, 3.8) is 0 Å². The van der Waals surface area contributed by atoms with Crippen LogP contribution in [0, 0.1) is 10.8 Å². The van der Waals surface area contributed by atoms with Gasteiger partial charge >= 0.3 is 0 Å². The average molecular weight is 337 g/mol. The van der Waals surface area contributed by atoms with Gasteiger partial charge in [0.1, 0.15) is 6.61 Å². The summed E-state index contributed by atoms with van der Waals surface area (Å²) in [5.41, 5.74) is -0.672. The third-order valence-electron chi connectivity index (χ3n) is 6.39. The molecule has 3 amide bonds. The maximum Gasteiger partial charge on any atom is 0.248 e. The number of piperidine rings is 1. The molecule has 24 heavy (non-hydrogen) atoms. The largest absolute Gasteiger partial charge is 0.375 e. The van der Waals surface area contributed by atoms with Crippen molar-refractivity contribution < 1.29 is 19.1 Å². The van der Waals surface area contributed by atoms with E-state index in [1.54, 1.807) is 11.8 Å². The second kappa shape index (κ2) is 6.02. The molecule has 134 valence electrons. The smallest absolute Gasteiger partial charge is 0.248 e.